The predicted molar refractivity (Wildman–Crippen MR) is 110 cm³/mol. The lowest BCUT2D eigenvalue weighted by atomic mass is 10.2. The van der Waals surface area contributed by atoms with Crippen molar-refractivity contribution in [2.45, 2.75) is 19.6 Å². The molecule has 1 heterocycles. The van der Waals surface area contributed by atoms with Crippen LogP contribution in [0, 0.1) is 0 Å². The molecule has 1 amide bonds. The van der Waals surface area contributed by atoms with E-state index < -0.39 is 6.10 Å². The molecule has 3 rings (SSSR count). The Morgan fingerprint density at radius 3 is 2.59 bits per heavy atom. The van der Waals surface area contributed by atoms with E-state index in [9.17, 15) is 4.79 Å². The highest BCUT2D eigenvalue weighted by Gasteiger charge is 2.16. The van der Waals surface area contributed by atoms with Gasteiger partial charge in [-0.2, -0.15) is 0 Å². The highest BCUT2D eigenvalue weighted by molar-refractivity contribution is 9.10. The molecule has 0 aliphatic rings. The molecule has 140 valence electrons. The van der Waals surface area contributed by atoms with Crippen molar-refractivity contribution < 1.29 is 13.9 Å². The van der Waals surface area contributed by atoms with Crippen LogP contribution >= 0.6 is 39.1 Å². The molecule has 0 radical (unpaired) electrons. The van der Waals surface area contributed by atoms with Gasteiger partial charge >= 0.3 is 0 Å². The smallest absolute Gasteiger partial charge is 0.261 e. The molecule has 1 N–H and O–H groups in total. The molecule has 0 bridgehead atoms. The van der Waals surface area contributed by atoms with Crippen molar-refractivity contribution in [2.75, 3.05) is 0 Å². The van der Waals surface area contributed by atoms with Crippen LogP contribution < -0.4 is 10.1 Å². The molecular weight excluding hydrogens is 453 g/mol. The number of carbonyl (C=O) groups excluding carboxylic acids is 1. The van der Waals surface area contributed by atoms with Gasteiger partial charge in [0.15, 0.2) is 6.10 Å². The minimum Gasteiger partial charge on any atom is -0.479 e. The molecule has 3 aromatic rings. The van der Waals surface area contributed by atoms with Crippen molar-refractivity contribution in [3.8, 4) is 17.1 Å². The van der Waals surface area contributed by atoms with Crippen molar-refractivity contribution >= 4 is 45.0 Å². The van der Waals surface area contributed by atoms with Crippen molar-refractivity contribution in [3.63, 3.8) is 0 Å². The van der Waals surface area contributed by atoms with Crippen LogP contribution in [0.3, 0.4) is 0 Å². The fraction of sp³-hybridized carbons (Fsp3) is 0.150. The number of nitrogens with one attached hydrogen (secondary N) is 1. The number of furan rings is 1. The summed E-state index contributed by atoms with van der Waals surface area (Å²) in [4.78, 5) is 12.3. The summed E-state index contributed by atoms with van der Waals surface area (Å²) in [6, 6.07) is 16.4. The van der Waals surface area contributed by atoms with Gasteiger partial charge in [-0.15, -0.1) is 0 Å². The second-order valence-electron chi connectivity index (χ2n) is 5.83. The van der Waals surface area contributed by atoms with Crippen molar-refractivity contribution in [3.05, 3.63) is 74.9 Å². The number of hydrogen-bond acceptors (Lipinski definition) is 3. The summed E-state index contributed by atoms with van der Waals surface area (Å²) in [6.45, 7) is 1.91. The molecule has 4 nitrogen and oxygen atoms in total. The van der Waals surface area contributed by atoms with Gasteiger partial charge in [-0.05, 0) is 49.4 Å². The van der Waals surface area contributed by atoms with Gasteiger partial charge in [0.2, 0.25) is 0 Å². The number of ether oxygens (including phenoxy) is 1. The quantitative estimate of drug-likeness (QED) is 0.475. The largest absolute Gasteiger partial charge is 0.479 e. The molecule has 0 aliphatic heterocycles. The maximum atomic E-state index is 12.3. The Kier molecular flexibility index (Phi) is 6.47. The van der Waals surface area contributed by atoms with Crippen molar-refractivity contribution in [1.82, 2.24) is 5.32 Å². The van der Waals surface area contributed by atoms with E-state index in [1.165, 1.54) is 0 Å². The first kappa shape index (κ1) is 19.8. The normalized spacial score (nSPS) is 11.9. The number of halogens is 3. The average molecular weight is 469 g/mol. The molecule has 0 unspecified atom stereocenters. The van der Waals surface area contributed by atoms with E-state index in [4.69, 9.17) is 32.4 Å². The number of amides is 1. The highest BCUT2D eigenvalue weighted by Crippen LogP contribution is 2.28. The van der Waals surface area contributed by atoms with Gasteiger partial charge in [0.1, 0.15) is 17.3 Å². The predicted octanol–water partition coefficient (Wildman–Crippen LogP) is 6.10. The minimum atomic E-state index is -0.718. The van der Waals surface area contributed by atoms with E-state index in [2.05, 4.69) is 21.2 Å². The van der Waals surface area contributed by atoms with E-state index in [-0.39, 0.29) is 12.5 Å². The molecule has 1 atom stereocenters. The van der Waals surface area contributed by atoms with E-state index in [0.29, 0.717) is 21.6 Å². The Balaban J connectivity index is 1.56. The standard InChI is InChI=1S/C20H16BrCl2NO3/c1-12(26-19-8-6-15(22)10-17(19)23)20(25)24-11-16-7-9-18(27-16)13-2-4-14(21)5-3-13/h2-10,12H,11H2,1H3,(H,24,25)/t12-/m0/s1. The summed E-state index contributed by atoms with van der Waals surface area (Å²) >= 11 is 15.3. The van der Waals surface area contributed by atoms with Gasteiger partial charge in [0.25, 0.3) is 5.91 Å². The Morgan fingerprint density at radius 2 is 1.89 bits per heavy atom. The van der Waals surface area contributed by atoms with Crippen molar-refractivity contribution in [2.24, 2.45) is 0 Å². The molecule has 0 fully saturated rings. The molecule has 27 heavy (non-hydrogen) atoms. The highest BCUT2D eigenvalue weighted by atomic mass is 79.9. The van der Waals surface area contributed by atoms with Crippen LogP contribution in [0.15, 0.2) is 63.5 Å². The fourth-order valence-corrected chi connectivity index (χ4v) is 3.09. The second kappa shape index (κ2) is 8.83. The van der Waals surface area contributed by atoms with Crippen LogP contribution in [-0.4, -0.2) is 12.0 Å². The number of rotatable bonds is 6. The summed E-state index contributed by atoms with van der Waals surface area (Å²) in [5.41, 5.74) is 0.963. The van der Waals surface area contributed by atoms with Crippen molar-refractivity contribution in [1.29, 1.82) is 0 Å². The van der Waals surface area contributed by atoms with Gasteiger partial charge in [0.05, 0.1) is 11.6 Å². The first-order valence-corrected chi connectivity index (χ1v) is 9.71. The van der Waals surface area contributed by atoms with Gasteiger partial charge in [0, 0.05) is 15.1 Å². The lowest BCUT2D eigenvalue weighted by Crippen LogP contribution is -2.35. The topological polar surface area (TPSA) is 51.5 Å². The summed E-state index contributed by atoms with van der Waals surface area (Å²) in [5, 5.41) is 3.65. The zero-order valence-electron chi connectivity index (χ0n) is 14.3. The first-order chi connectivity index (χ1) is 12.9. The van der Waals surface area contributed by atoms with Crippen LogP contribution in [0.5, 0.6) is 5.75 Å². The monoisotopic (exact) mass is 467 g/mol. The van der Waals surface area contributed by atoms with Crippen LogP contribution in [0.4, 0.5) is 0 Å². The van der Waals surface area contributed by atoms with Gasteiger partial charge in [-0.1, -0.05) is 51.3 Å². The van der Waals surface area contributed by atoms with E-state index in [1.54, 1.807) is 25.1 Å². The minimum absolute atomic E-state index is 0.261. The number of benzene rings is 2. The lowest BCUT2D eigenvalue weighted by Gasteiger charge is -2.15. The Morgan fingerprint density at radius 1 is 1.15 bits per heavy atom. The van der Waals surface area contributed by atoms with Crippen LogP contribution in [0.2, 0.25) is 10.0 Å². The van der Waals surface area contributed by atoms with E-state index in [0.717, 1.165) is 15.8 Å². The summed E-state index contributed by atoms with van der Waals surface area (Å²) in [5.74, 6) is 1.52. The molecule has 0 saturated carbocycles. The second-order valence-corrected chi connectivity index (χ2v) is 7.58. The Labute approximate surface area is 175 Å². The number of hydrogen-bond donors (Lipinski definition) is 1. The lowest BCUT2D eigenvalue weighted by molar-refractivity contribution is -0.127. The third kappa shape index (κ3) is 5.28. The number of carbonyl (C=O) groups is 1. The van der Waals surface area contributed by atoms with Crippen LogP contribution in [0.25, 0.3) is 11.3 Å². The molecular formula is C20H16BrCl2NO3. The first-order valence-electron chi connectivity index (χ1n) is 8.16. The Bertz CT molecular complexity index is 941. The average Bonchev–Trinajstić information content (AvgIpc) is 3.11. The van der Waals surface area contributed by atoms with E-state index in [1.807, 2.05) is 36.4 Å². The molecule has 1 aromatic heterocycles. The van der Waals surface area contributed by atoms with E-state index >= 15 is 0 Å². The zero-order valence-corrected chi connectivity index (χ0v) is 17.4. The fourth-order valence-electron chi connectivity index (χ4n) is 2.37. The third-order valence-electron chi connectivity index (χ3n) is 3.79. The van der Waals surface area contributed by atoms with Gasteiger partial charge in [-0.3, -0.25) is 4.79 Å². The molecule has 2 aromatic carbocycles. The Hall–Kier alpha value is -1.95. The van der Waals surface area contributed by atoms with Crippen LogP contribution in [-0.2, 0) is 11.3 Å². The maximum absolute atomic E-state index is 12.3. The molecule has 7 heteroatoms. The zero-order chi connectivity index (χ0) is 19.4. The maximum Gasteiger partial charge on any atom is 0.261 e. The molecule has 0 spiro atoms. The summed E-state index contributed by atoms with van der Waals surface area (Å²) < 4.78 is 12.4. The third-order valence-corrected chi connectivity index (χ3v) is 4.85. The molecule has 0 saturated heterocycles. The summed E-state index contributed by atoms with van der Waals surface area (Å²) in [6.07, 6.45) is -0.718. The summed E-state index contributed by atoms with van der Waals surface area (Å²) in [7, 11) is 0. The molecule has 0 aliphatic carbocycles. The van der Waals surface area contributed by atoms with Gasteiger partial charge < -0.3 is 14.5 Å². The van der Waals surface area contributed by atoms with Gasteiger partial charge in [-0.25, -0.2) is 0 Å². The SMILES string of the molecule is C[C@H](Oc1ccc(Cl)cc1Cl)C(=O)NCc1ccc(-c2ccc(Br)cc2)o1. The van der Waals surface area contributed by atoms with Crippen LogP contribution in [0.1, 0.15) is 12.7 Å².